The fraction of sp³-hybridized carbons (Fsp3) is 0.400. The monoisotopic (exact) mass is 303 g/mol. The summed E-state index contributed by atoms with van der Waals surface area (Å²) in [5, 5.41) is 7.81. The molecule has 1 saturated heterocycles. The quantitative estimate of drug-likeness (QED) is 0.856. The number of hydrogen-bond acceptors (Lipinski definition) is 6. The molecule has 0 saturated carbocycles. The summed E-state index contributed by atoms with van der Waals surface area (Å²) in [6, 6.07) is 6.77. The highest BCUT2D eigenvalue weighted by Crippen LogP contribution is 2.19. The van der Waals surface area contributed by atoms with Gasteiger partial charge in [0, 0.05) is 18.7 Å². The Morgan fingerprint density at radius 1 is 1.32 bits per heavy atom. The summed E-state index contributed by atoms with van der Waals surface area (Å²) >= 11 is 0. The highest BCUT2D eigenvalue weighted by molar-refractivity contribution is 5.91. The van der Waals surface area contributed by atoms with Crippen molar-refractivity contribution in [3.05, 3.63) is 36.3 Å². The third-order valence-corrected chi connectivity index (χ3v) is 3.51. The van der Waals surface area contributed by atoms with Crippen LogP contribution in [0, 0.1) is 0 Å². The Kier molecular flexibility index (Phi) is 4.22. The molecular formula is C15H17N3O4. The van der Waals surface area contributed by atoms with E-state index in [2.05, 4.69) is 10.2 Å². The second-order valence-corrected chi connectivity index (χ2v) is 5.02. The van der Waals surface area contributed by atoms with E-state index >= 15 is 0 Å². The Bertz CT molecular complexity index is 612. The first kappa shape index (κ1) is 14.4. The predicted octanol–water partition coefficient (Wildman–Crippen LogP) is 1.76. The molecule has 3 rings (SSSR count). The molecule has 3 heterocycles. The number of carbonyl (C=O) groups is 1. The van der Waals surface area contributed by atoms with Crippen molar-refractivity contribution in [3.8, 4) is 11.8 Å². The van der Waals surface area contributed by atoms with Crippen molar-refractivity contribution < 1.29 is 18.7 Å². The van der Waals surface area contributed by atoms with Crippen LogP contribution in [0.1, 0.15) is 23.4 Å². The van der Waals surface area contributed by atoms with Crippen molar-refractivity contribution in [2.24, 2.45) is 0 Å². The van der Waals surface area contributed by atoms with Crippen LogP contribution in [0.25, 0.3) is 0 Å². The molecule has 1 amide bonds. The molecule has 0 aliphatic carbocycles. The van der Waals surface area contributed by atoms with E-state index in [1.807, 2.05) is 0 Å². The van der Waals surface area contributed by atoms with E-state index in [1.54, 1.807) is 29.2 Å². The van der Waals surface area contributed by atoms with Crippen LogP contribution in [0.5, 0.6) is 11.8 Å². The Morgan fingerprint density at radius 2 is 2.14 bits per heavy atom. The first-order chi connectivity index (χ1) is 10.8. The number of piperidine rings is 1. The molecule has 1 unspecified atom stereocenters. The summed E-state index contributed by atoms with van der Waals surface area (Å²) in [6.07, 6.45) is 3.14. The molecule has 116 valence electrons. The molecule has 2 aromatic rings. The Balaban J connectivity index is 1.61. The van der Waals surface area contributed by atoms with Crippen LogP contribution in [-0.2, 0) is 0 Å². The lowest BCUT2D eigenvalue weighted by Gasteiger charge is -2.31. The molecule has 22 heavy (non-hydrogen) atoms. The minimum absolute atomic E-state index is 0.102. The standard InChI is InChI=1S/C15H17N3O4/c1-20-13-6-7-14(17-16-13)22-11-4-2-8-18(10-11)15(19)12-5-3-9-21-12/h3,5-7,9,11H,2,4,8,10H2,1H3. The minimum atomic E-state index is -0.112. The van der Waals surface area contributed by atoms with Gasteiger partial charge in [-0.2, -0.15) is 0 Å². The molecule has 1 fully saturated rings. The van der Waals surface area contributed by atoms with Gasteiger partial charge in [-0.1, -0.05) is 0 Å². The van der Waals surface area contributed by atoms with Gasteiger partial charge in [0.2, 0.25) is 11.8 Å². The second-order valence-electron chi connectivity index (χ2n) is 5.02. The smallest absolute Gasteiger partial charge is 0.289 e. The highest BCUT2D eigenvalue weighted by Gasteiger charge is 2.27. The van der Waals surface area contributed by atoms with Gasteiger partial charge in [-0.15, -0.1) is 10.2 Å². The minimum Gasteiger partial charge on any atom is -0.480 e. The molecular weight excluding hydrogens is 286 g/mol. The summed E-state index contributed by atoms with van der Waals surface area (Å²) in [5.41, 5.74) is 0. The number of methoxy groups -OCH3 is 1. The van der Waals surface area contributed by atoms with Gasteiger partial charge in [-0.25, -0.2) is 0 Å². The van der Waals surface area contributed by atoms with Crippen LogP contribution < -0.4 is 9.47 Å². The van der Waals surface area contributed by atoms with E-state index in [9.17, 15) is 4.79 Å². The number of aromatic nitrogens is 2. The van der Waals surface area contributed by atoms with E-state index < -0.39 is 0 Å². The number of rotatable bonds is 4. The average Bonchev–Trinajstić information content (AvgIpc) is 3.09. The van der Waals surface area contributed by atoms with Gasteiger partial charge in [0.1, 0.15) is 6.10 Å². The number of ether oxygens (including phenoxy) is 2. The fourth-order valence-electron chi connectivity index (χ4n) is 2.43. The van der Waals surface area contributed by atoms with Crippen molar-refractivity contribution in [2.45, 2.75) is 18.9 Å². The Labute approximate surface area is 127 Å². The molecule has 1 atom stereocenters. The van der Waals surface area contributed by atoms with Gasteiger partial charge in [-0.3, -0.25) is 4.79 Å². The summed E-state index contributed by atoms with van der Waals surface area (Å²) in [4.78, 5) is 14.0. The third kappa shape index (κ3) is 3.19. The van der Waals surface area contributed by atoms with Crippen LogP contribution in [0.15, 0.2) is 34.9 Å². The SMILES string of the molecule is COc1ccc(OC2CCCN(C(=O)c3ccco3)C2)nn1. The van der Waals surface area contributed by atoms with Crippen LogP contribution in [-0.4, -0.2) is 47.3 Å². The van der Waals surface area contributed by atoms with Crippen molar-refractivity contribution in [3.63, 3.8) is 0 Å². The molecule has 0 N–H and O–H groups in total. The van der Waals surface area contributed by atoms with Gasteiger partial charge < -0.3 is 18.8 Å². The maximum absolute atomic E-state index is 12.3. The van der Waals surface area contributed by atoms with Gasteiger partial charge >= 0.3 is 0 Å². The topological polar surface area (TPSA) is 77.7 Å². The lowest BCUT2D eigenvalue weighted by molar-refractivity contribution is 0.0498. The number of amides is 1. The van der Waals surface area contributed by atoms with Crippen LogP contribution >= 0.6 is 0 Å². The number of furan rings is 1. The van der Waals surface area contributed by atoms with E-state index in [1.165, 1.54) is 13.4 Å². The molecule has 7 nitrogen and oxygen atoms in total. The average molecular weight is 303 g/mol. The van der Waals surface area contributed by atoms with Crippen LogP contribution in [0.3, 0.4) is 0 Å². The highest BCUT2D eigenvalue weighted by atomic mass is 16.5. The Morgan fingerprint density at radius 3 is 2.82 bits per heavy atom. The van der Waals surface area contributed by atoms with E-state index in [0.29, 0.717) is 30.6 Å². The van der Waals surface area contributed by atoms with E-state index in [0.717, 1.165) is 12.8 Å². The zero-order valence-electron chi connectivity index (χ0n) is 12.3. The molecule has 1 aliphatic heterocycles. The maximum Gasteiger partial charge on any atom is 0.289 e. The lowest BCUT2D eigenvalue weighted by Crippen LogP contribution is -2.44. The summed E-state index contributed by atoms with van der Waals surface area (Å²) < 4.78 is 15.9. The van der Waals surface area contributed by atoms with Gasteiger partial charge in [-0.05, 0) is 25.0 Å². The Hall–Kier alpha value is -2.57. The third-order valence-electron chi connectivity index (χ3n) is 3.51. The van der Waals surface area contributed by atoms with E-state index in [4.69, 9.17) is 13.9 Å². The molecule has 1 aliphatic rings. The first-order valence-corrected chi connectivity index (χ1v) is 7.13. The van der Waals surface area contributed by atoms with Gasteiger partial charge in [0.15, 0.2) is 5.76 Å². The van der Waals surface area contributed by atoms with Gasteiger partial charge in [0.05, 0.1) is 19.9 Å². The molecule has 7 heteroatoms. The zero-order valence-corrected chi connectivity index (χ0v) is 12.3. The van der Waals surface area contributed by atoms with Crippen molar-refractivity contribution in [2.75, 3.05) is 20.2 Å². The maximum atomic E-state index is 12.3. The fourth-order valence-corrected chi connectivity index (χ4v) is 2.43. The summed E-state index contributed by atoms with van der Waals surface area (Å²) in [7, 11) is 1.53. The molecule has 0 aromatic carbocycles. The molecule has 0 spiro atoms. The van der Waals surface area contributed by atoms with Crippen molar-refractivity contribution in [1.29, 1.82) is 0 Å². The van der Waals surface area contributed by atoms with Crippen LogP contribution in [0.2, 0.25) is 0 Å². The predicted molar refractivity (Wildman–Crippen MR) is 76.8 cm³/mol. The number of likely N-dealkylation sites (tertiary alicyclic amines) is 1. The molecule has 2 aromatic heterocycles. The number of hydrogen-bond donors (Lipinski definition) is 0. The summed E-state index contributed by atoms with van der Waals surface area (Å²) in [6.45, 7) is 1.21. The van der Waals surface area contributed by atoms with Crippen molar-refractivity contribution >= 4 is 5.91 Å². The number of nitrogens with zero attached hydrogens (tertiary/aromatic N) is 3. The van der Waals surface area contributed by atoms with Crippen LogP contribution in [0.4, 0.5) is 0 Å². The molecule has 0 bridgehead atoms. The van der Waals surface area contributed by atoms with E-state index in [-0.39, 0.29) is 12.0 Å². The lowest BCUT2D eigenvalue weighted by atomic mass is 10.1. The zero-order chi connectivity index (χ0) is 15.4. The van der Waals surface area contributed by atoms with Crippen molar-refractivity contribution in [1.82, 2.24) is 15.1 Å². The number of carbonyl (C=O) groups excluding carboxylic acids is 1. The van der Waals surface area contributed by atoms with Gasteiger partial charge in [0.25, 0.3) is 5.91 Å². The second kappa shape index (κ2) is 6.46. The normalized spacial score (nSPS) is 18.0. The first-order valence-electron chi connectivity index (χ1n) is 7.13. The molecule has 0 radical (unpaired) electrons. The summed E-state index contributed by atoms with van der Waals surface area (Å²) in [5.74, 6) is 1.10. The largest absolute Gasteiger partial charge is 0.480 e.